The summed E-state index contributed by atoms with van der Waals surface area (Å²) in [6.45, 7) is 0. The third-order valence-corrected chi connectivity index (χ3v) is 6.03. The van der Waals surface area contributed by atoms with Crippen molar-refractivity contribution in [1.82, 2.24) is 0 Å². The van der Waals surface area contributed by atoms with Crippen molar-refractivity contribution in [2.24, 2.45) is 0 Å². The lowest BCUT2D eigenvalue weighted by atomic mass is 10.1. The maximum atomic E-state index is 13.4. The SMILES string of the molecule is COc1ccc(/C=C/C(=O)c2ccc(OC(=O)c3c(-c4ccccc4)oc4ccc(OC)cc34)cc2)cc1. The molecular formula is C32H24O6. The number of carbonyl (C=O) groups excluding carboxylic acids is 2. The fourth-order valence-corrected chi connectivity index (χ4v) is 4.03. The molecule has 0 saturated carbocycles. The van der Waals surface area contributed by atoms with Gasteiger partial charge in [0.25, 0.3) is 0 Å². The first kappa shape index (κ1) is 24.6. The van der Waals surface area contributed by atoms with Crippen LogP contribution in [0.1, 0.15) is 26.3 Å². The standard InChI is InChI=1S/C32H24O6/c1-35-24-13-8-21(9-14-24)10-18-28(33)22-11-15-25(16-12-22)37-32(34)30-27-20-26(36-2)17-19-29(27)38-31(30)23-6-4-3-5-7-23/h3-20H,1-2H3/b18-10+. The summed E-state index contributed by atoms with van der Waals surface area (Å²) in [5.74, 6) is 1.32. The summed E-state index contributed by atoms with van der Waals surface area (Å²) in [4.78, 5) is 26.0. The molecule has 0 unspecified atom stereocenters. The van der Waals surface area contributed by atoms with E-state index in [4.69, 9.17) is 18.6 Å². The third kappa shape index (κ3) is 5.20. The molecule has 0 bridgehead atoms. The van der Waals surface area contributed by atoms with Crippen molar-refractivity contribution >= 4 is 28.8 Å². The monoisotopic (exact) mass is 504 g/mol. The molecule has 0 fully saturated rings. The summed E-state index contributed by atoms with van der Waals surface area (Å²) in [7, 11) is 3.17. The number of rotatable bonds is 8. The lowest BCUT2D eigenvalue weighted by Crippen LogP contribution is -2.09. The second kappa shape index (κ2) is 10.9. The van der Waals surface area contributed by atoms with Crippen LogP contribution in [0.3, 0.4) is 0 Å². The first-order chi connectivity index (χ1) is 18.6. The number of benzene rings is 4. The van der Waals surface area contributed by atoms with Crippen LogP contribution in [0, 0.1) is 0 Å². The van der Waals surface area contributed by atoms with Crippen LogP contribution in [-0.4, -0.2) is 26.0 Å². The van der Waals surface area contributed by atoms with Gasteiger partial charge in [-0.3, -0.25) is 4.79 Å². The van der Waals surface area contributed by atoms with Crippen LogP contribution < -0.4 is 14.2 Å². The van der Waals surface area contributed by atoms with E-state index in [1.165, 1.54) is 6.08 Å². The normalized spacial score (nSPS) is 11.0. The van der Waals surface area contributed by atoms with E-state index in [2.05, 4.69) is 0 Å². The van der Waals surface area contributed by atoms with Gasteiger partial charge in [-0.05, 0) is 66.2 Å². The molecule has 5 aromatic rings. The van der Waals surface area contributed by atoms with Gasteiger partial charge in [-0.15, -0.1) is 0 Å². The lowest BCUT2D eigenvalue weighted by Gasteiger charge is -2.06. The van der Waals surface area contributed by atoms with Gasteiger partial charge >= 0.3 is 5.97 Å². The van der Waals surface area contributed by atoms with E-state index in [0.717, 1.165) is 16.9 Å². The molecular weight excluding hydrogens is 480 g/mol. The van der Waals surface area contributed by atoms with Crippen molar-refractivity contribution in [3.63, 3.8) is 0 Å². The first-order valence-electron chi connectivity index (χ1n) is 11.9. The Morgan fingerprint density at radius 3 is 2.08 bits per heavy atom. The average molecular weight is 505 g/mol. The summed E-state index contributed by atoms with van der Waals surface area (Å²) >= 11 is 0. The van der Waals surface area contributed by atoms with Crippen LogP contribution in [0.4, 0.5) is 0 Å². The van der Waals surface area contributed by atoms with E-state index < -0.39 is 5.97 Å². The zero-order valence-electron chi connectivity index (χ0n) is 20.8. The number of esters is 1. The Balaban J connectivity index is 1.37. The Morgan fingerprint density at radius 2 is 1.39 bits per heavy atom. The Labute approximate surface area is 219 Å². The van der Waals surface area contributed by atoms with Crippen LogP contribution in [0.2, 0.25) is 0 Å². The van der Waals surface area contributed by atoms with Crippen LogP contribution >= 0.6 is 0 Å². The van der Waals surface area contributed by atoms with Crippen LogP contribution in [0.15, 0.2) is 108 Å². The van der Waals surface area contributed by atoms with Crippen molar-refractivity contribution in [2.75, 3.05) is 14.2 Å². The molecule has 0 saturated heterocycles. The van der Waals surface area contributed by atoms with Gasteiger partial charge in [-0.1, -0.05) is 48.5 Å². The van der Waals surface area contributed by atoms with Gasteiger partial charge in [0.2, 0.25) is 0 Å². The van der Waals surface area contributed by atoms with Crippen molar-refractivity contribution in [2.45, 2.75) is 0 Å². The fraction of sp³-hybridized carbons (Fsp3) is 0.0625. The van der Waals surface area contributed by atoms with Gasteiger partial charge in [-0.25, -0.2) is 4.79 Å². The Bertz CT molecular complexity index is 1610. The Kier molecular flexibility index (Phi) is 7.04. The fourth-order valence-electron chi connectivity index (χ4n) is 4.03. The summed E-state index contributed by atoms with van der Waals surface area (Å²) in [5, 5.41) is 0.587. The number of furan rings is 1. The topological polar surface area (TPSA) is 75.0 Å². The molecule has 0 spiro atoms. The molecule has 4 aromatic carbocycles. The highest BCUT2D eigenvalue weighted by Gasteiger charge is 2.24. The van der Waals surface area contributed by atoms with Crippen LogP contribution in [-0.2, 0) is 0 Å². The molecule has 1 aromatic heterocycles. The number of allylic oxidation sites excluding steroid dienone is 1. The molecule has 0 atom stereocenters. The highest BCUT2D eigenvalue weighted by Crippen LogP contribution is 2.36. The molecule has 1 heterocycles. The summed E-state index contributed by atoms with van der Waals surface area (Å²) in [6, 6.07) is 28.5. The number of carbonyl (C=O) groups is 2. The molecule has 38 heavy (non-hydrogen) atoms. The average Bonchev–Trinajstić information content (AvgIpc) is 3.36. The minimum absolute atomic E-state index is 0.169. The van der Waals surface area contributed by atoms with Gasteiger partial charge in [0.1, 0.15) is 34.2 Å². The number of fused-ring (bicyclic) bond motifs is 1. The predicted molar refractivity (Wildman–Crippen MR) is 146 cm³/mol. The van der Waals surface area contributed by atoms with E-state index in [-0.39, 0.29) is 5.78 Å². The van der Waals surface area contributed by atoms with Crippen molar-refractivity contribution in [1.29, 1.82) is 0 Å². The van der Waals surface area contributed by atoms with E-state index in [1.807, 2.05) is 54.6 Å². The lowest BCUT2D eigenvalue weighted by molar-refractivity contribution is 0.0737. The molecule has 6 nitrogen and oxygen atoms in total. The minimum atomic E-state index is -0.575. The van der Waals surface area contributed by atoms with Crippen molar-refractivity contribution in [3.8, 4) is 28.6 Å². The molecule has 0 aliphatic rings. The molecule has 6 heteroatoms. The second-order valence-electron chi connectivity index (χ2n) is 8.42. The van der Waals surface area contributed by atoms with Crippen molar-refractivity contribution < 1.29 is 28.2 Å². The Morgan fingerprint density at radius 1 is 0.737 bits per heavy atom. The minimum Gasteiger partial charge on any atom is -0.497 e. The number of hydrogen-bond donors (Lipinski definition) is 0. The molecule has 0 aliphatic heterocycles. The number of hydrogen-bond acceptors (Lipinski definition) is 6. The third-order valence-electron chi connectivity index (χ3n) is 6.03. The summed E-state index contributed by atoms with van der Waals surface area (Å²) in [6.07, 6.45) is 3.24. The molecule has 188 valence electrons. The quantitative estimate of drug-likeness (QED) is 0.0960. The smallest absolute Gasteiger partial charge is 0.348 e. The zero-order chi connectivity index (χ0) is 26.5. The summed E-state index contributed by atoms with van der Waals surface area (Å²) < 4.78 is 22.3. The van der Waals surface area contributed by atoms with E-state index in [9.17, 15) is 9.59 Å². The molecule has 0 aliphatic carbocycles. The highest BCUT2D eigenvalue weighted by atomic mass is 16.5. The molecule has 5 rings (SSSR count). The number of ether oxygens (including phenoxy) is 3. The van der Waals surface area contributed by atoms with Crippen molar-refractivity contribution in [3.05, 3.63) is 120 Å². The zero-order valence-corrected chi connectivity index (χ0v) is 20.8. The molecule has 0 N–H and O–H groups in total. The predicted octanol–water partition coefficient (Wildman–Crippen LogP) is 7.23. The van der Waals surface area contributed by atoms with Gasteiger partial charge < -0.3 is 18.6 Å². The van der Waals surface area contributed by atoms with Crippen LogP contribution in [0.5, 0.6) is 17.2 Å². The molecule has 0 amide bonds. The van der Waals surface area contributed by atoms with Crippen LogP contribution in [0.25, 0.3) is 28.4 Å². The maximum Gasteiger partial charge on any atom is 0.348 e. The second-order valence-corrected chi connectivity index (χ2v) is 8.42. The number of ketones is 1. The number of methoxy groups -OCH3 is 2. The van der Waals surface area contributed by atoms with E-state index in [0.29, 0.717) is 39.4 Å². The van der Waals surface area contributed by atoms with Gasteiger partial charge in [0.05, 0.1) is 14.2 Å². The maximum absolute atomic E-state index is 13.4. The Hall–Kier alpha value is -5.10. The van der Waals surface area contributed by atoms with Gasteiger partial charge in [0.15, 0.2) is 5.78 Å². The first-order valence-corrected chi connectivity index (χ1v) is 11.9. The highest BCUT2D eigenvalue weighted by molar-refractivity contribution is 6.10. The molecule has 0 radical (unpaired) electrons. The van der Waals surface area contributed by atoms with Gasteiger partial charge in [-0.2, -0.15) is 0 Å². The van der Waals surface area contributed by atoms with E-state index >= 15 is 0 Å². The summed E-state index contributed by atoms with van der Waals surface area (Å²) in [5.41, 5.74) is 2.94. The van der Waals surface area contributed by atoms with Gasteiger partial charge in [0, 0.05) is 16.5 Å². The largest absolute Gasteiger partial charge is 0.497 e. The van der Waals surface area contributed by atoms with E-state index in [1.54, 1.807) is 62.8 Å².